The molecule has 0 aliphatic carbocycles. The van der Waals surface area contributed by atoms with Crippen molar-refractivity contribution in [3.63, 3.8) is 0 Å². The van der Waals surface area contributed by atoms with Crippen molar-refractivity contribution in [1.29, 1.82) is 0 Å². The van der Waals surface area contributed by atoms with Crippen molar-refractivity contribution in [3.05, 3.63) is 122 Å². The van der Waals surface area contributed by atoms with E-state index in [1.54, 1.807) is 0 Å². The van der Waals surface area contributed by atoms with Crippen LogP contribution in [0, 0.1) is 0 Å². The molecule has 0 aromatic rings. The Balaban J connectivity index is 4.28. The first kappa shape index (κ1) is 73.8. The predicted molar refractivity (Wildman–Crippen MR) is 339 cm³/mol. The number of allylic oxidation sites excluding steroid dienone is 20. The molecule has 6 heteroatoms. The van der Waals surface area contributed by atoms with Gasteiger partial charge in [-0.2, -0.15) is 0 Å². The minimum absolute atomic E-state index is 0.0889. The molecule has 444 valence electrons. The summed E-state index contributed by atoms with van der Waals surface area (Å²) >= 11 is 0. The molecule has 0 heterocycles. The Labute approximate surface area is 482 Å². The Hall–Kier alpha value is -4.19. The third-order valence-electron chi connectivity index (χ3n) is 13.7. The van der Waals surface area contributed by atoms with Gasteiger partial charge >= 0.3 is 17.9 Å². The zero-order chi connectivity index (χ0) is 56.4. The number of hydrogen-bond acceptors (Lipinski definition) is 6. The van der Waals surface area contributed by atoms with Gasteiger partial charge in [-0.05, 0) is 128 Å². The molecule has 0 fully saturated rings. The summed E-state index contributed by atoms with van der Waals surface area (Å²) in [5, 5.41) is 0. The maximum Gasteiger partial charge on any atom is 0.306 e. The predicted octanol–water partition coefficient (Wildman–Crippen LogP) is 22.4. The van der Waals surface area contributed by atoms with Crippen LogP contribution in [-0.4, -0.2) is 37.2 Å². The van der Waals surface area contributed by atoms with E-state index >= 15 is 0 Å². The SMILES string of the molecule is CC/C=C\C/C=C\C/C=C\C/C=C\C/C=C\C/C=C\C/C=C\C/C=C\CCCCCCCCC(=O)OCC(COC(=O)CCCCCCC/C=C\CCC)OC(=O)CCCCCCCCCCC/C=C\CCCCCCCC. The molecule has 0 radical (unpaired) electrons. The number of hydrogen-bond donors (Lipinski definition) is 0. The molecule has 0 N–H and O–H groups in total. The molecule has 0 aliphatic rings. The second kappa shape index (κ2) is 65.3. The molecule has 6 nitrogen and oxygen atoms in total. The Morgan fingerprint density at radius 3 is 0.846 bits per heavy atom. The van der Waals surface area contributed by atoms with Crippen LogP contribution < -0.4 is 0 Å². The standard InChI is InChI=1S/C72H120O6/c1-4-7-10-13-16-19-22-24-26-28-30-31-32-33-34-35-36-37-38-39-40-41-43-44-46-48-50-53-56-59-62-65-71(74)77-68-69(67-76-70(73)64-61-58-55-52-21-18-15-12-9-6-3)78-72(75)66-63-60-57-54-51-49-47-45-42-29-27-25-23-20-17-14-11-8-5-2/h7,10,12,15-16,19,24-27,30-31,33-34,36-37,39-40,43-44,69H,4-6,8-9,11,13-14,17-18,20-23,28-29,32,35,38,41-42,45-68H2,1-3H3/b10-7-,15-12-,19-16-,26-24-,27-25-,31-30-,34-33-,37-36-,40-39-,44-43-. The molecular formula is C72H120O6. The lowest BCUT2D eigenvalue weighted by atomic mass is 10.1. The van der Waals surface area contributed by atoms with Crippen molar-refractivity contribution in [3.8, 4) is 0 Å². The normalized spacial score (nSPS) is 12.9. The Kier molecular flexibility index (Phi) is 61.8. The summed E-state index contributed by atoms with van der Waals surface area (Å²) in [4.78, 5) is 38.2. The van der Waals surface area contributed by atoms with Gasteiger partial charge < -0.3 is 14.2 Å². The zero-order valence-electron chi connectivity index (χ0n) is 50.9. The smallest absolute Gasteiger partial charge is 0.306 e. The van der Waals surface area contributed by atoms with E-state index in [2.05, 4.69) is 142 Å². The van der Waals surface area contributed by atoms with E-state index < -0.39 is 6.10 Å². The van der Waals surface area contributed by atoms with E-state index in [4.69, 9.17) is 14.2 Å². The third kappa shape index (κ3) is 62.7. The van der Waals surface area contributed by atoms with Gasteiger partial charge in [-0.25, -0.2) is 0 Å². The molecule has 0 spiro atoms. The van der Waals surface area contributed by atoms with E-state index in [-0.39, 0.29) is 31.1 Å². The van der Waals surface area contributed by atoms with Gasteiger partial charge in [0.2, 0.25) is 0 Å². The fraction of sp³-hybridized carbons (Fsp3) is 0.681. The number of unbranched alkanes of at least 4 members (excludes halogenated alkanes) is 27. The van der Waals surface area contributed by atoms with Gasteiger partial charge in [-0.3, -0.25) is 14.4 Å². The lowest BCUT2D eigenvalue weighted by Gasteiger charge is -2.18. The minimum atomic E-state index is -0.791. The monoisotopic (exact) mass is 1080 g/mol. The van der Waals surface area contributed by atoms with Crippen molar-refractivity contribution < 1.29 is 28.6 Å². The van der Waals surface area contributed by atoms with Crippen LogP contribution in [0.4, 0.5) is 0 Å². The summed E-state index contributed by atoms with van der Waals surface area (Å²) in [5.41, 5.74) is 0. The molecule has 0 amide bonds. The molecule has 78 heavy (non-hydrogen) atoms. The van der Waals surface area contributed by atoms with Crippen LogP contribution in [0.5, 0.6) is 0 Å². The van der Waals surface area contributed by atoms with Crippen molar-refractivity contribution in [2.24, 2.45) is 0 Å². The van der Waals surface area contributed by atoms with Crippen LogP contribution in [0.25, 0.3) is 0 Å². The van der Waals surface area contributed by atoms with E-state index in [1.165, 1.54) is 116 Å². The molecule has 0 saturated carbocycles. The maximum absolute atomic E-state index is 12.9. The summed E-state index contributed by atoms with van der Waals surface area (Å²) in [6.45, 7) is 6.45. The Morgan fingerprint density at radius 1 is 0.269 bits per heavy atom. The molecule has 0 saturated heterocycles. The number of rotatable bonds is 58. The topological polar surface area (TPSA) is 78.9 Å². The number of ether oxygens (including phenoxy) is 3. The first-order valence-corrected chi connectivity index (χ1v) is 32.5. The molecule has 0 aromatic heterocycles. The van der Waals surface area contributed by atoms with Crippen LogP contribution in [0.1, 0.15) is 297 Å². The maximum atomic E-state index is 12.9. The van der Waals surface area contributed by atoms with E-state index in [0.717, 1.165) is 141 Å². The van der Waals surface area contributed by atoms with E-state index in [1.807, 2.05) is 0 Å². The zero-order valence-corrected chi connectivity index (χ0v) is 50.9. The molecule has 0 rings (SSSR count). The lowest BCUT2D eigenvalue weighted by molar-refractivity contribution is -0.167. The molecule has 1 atom stereocenters. The van der Waals surface area contributed by atoms with Gasteiger partial charge in [0, 0.05) is 19.3 Å². The van der Waals surface area contributed by atoms with Crippen LogP contribution in [0.2, 0.25) is 0 Å². The summed E-state index contributed by atoms with van der Waals surface area (Å²) in [6.07, 6.45) is 90.7. The highest BCUT2D eigenvalue weighted by atomic mass is 16.6. The first-order chi connectivity index (χ1) is 38.5. The molecule has 0 aliphatic heterocycles. The lowest BCUT2D eigenvalue weighted by Crippen LogP contribution is -2.30. The van der Waals surface area contributed by atoms with Crippen molar-refractivity contribution in [1.82, 2.24) is 0 Å². The van der Waals surface area contributed by atoms with E-state index in [0.29, 0.717) is 19.3 Å². The number of esters is 3. The molecule has 1 unspecified atom stereocenters. The first-order valence-electron chi connectivity index (χ1n) is 32.5. The fourth-order valence-corrected chi connectivity index (χ4v) is 8.81. The third-order valence-corrected chi connectivity index (χ3v) is 13.7. The Morgan fingerprint density at radius 2 is 0.526 bits per heavy atom. The van der Waals surface area contributed by atoms with E-state index in [9.17, 15) is 14.4 Å². The molecular weight excluding hydrogens is 961 g/mol. The van der Waals surface area contributed by atoms with Gasteiger partial charge in [-0.15, -0.1) is 0 Å². The van der Waals surface area contributed by atoms with Crippen molar-refractivity contribution >= 4 is 17.9 Å². The molecule has 0 bridgehead atoms. The average molecular weight is 1080 g/mol. The second-order valence-corrected chi connectivity index (χ2v) is 21.3. The number of carbonyl (C=O) groups excluding carboxylic acids is 3. The van der Waals surface area contributed by atoms with Crippen LogP contribution in [-0.2, 0) is 28.6 Å². The fourth-order valence-electron chi connectivity index (χ4n) is 8.81. The average Bonchev–Trinajstić information content (AvgIpc) is 3.44. The van der Waals surface area contributed by atoms with Crippen LogP contribution in [0.15, 0.2) is 122 Å². The largest absolute Gasteiger partial charge is 0.462 e. The summed E-state index contributed by atoms with van der Waals surface area (Å²) in [5.74, 6) is -0.912. The summed E-state index contributed by atoms with van der Waals surface area (Å²) < 4.78 is 16.9. The van der Waals surface area contributed by atoms with Crippen molar-refractivity contribution in [2.75, 3.05) is 13.2 Å². The highest BCUT2D eigenvalue weighted by Gasteiger charge is 2.19. The van der Waals surface area contributed by atoms with Crippen molar-refractivity contribution in [2.45, 2.75) is 303 Å². The van der Waals surface area contributed by atoms with Gasteiger partial charge in [0.1, 0.15) is 13.2 Å². The minimum Gasteiger partial charge on any atom is -0.462 e. The quantitative estimate of drug-likeness (QED) is 0.0261. The van der Waals surface area contributed by atoms with Gasteiger partial charge in [-0.1, -0.05) is 271 Å². The number of carbonyl (C=O) groups is 3. The summed E-state index contributed by atoms with van der Waals surface area (Å²) in [7, 11) is 0. The highest BCUT2D eigenvalue weighted by Crippen LogP contribution is 2.15. The highest BCUT2D eigenvalue weighted by molar-refractivity contribution is 5.71. The molecule has 0 aromatic carbocycles. The Bertz CT molecular complexity index is 1620. The van der Waals surface area contributed by atoms with Gasteiger partial charge in [0.15, 0.2) is 6.10 Å². The van der Waals surface area contributed by atoms with Crippen LogP contribution >= 0.6 is 0 Å². The van der Waals surface area contributed by atoms with Gasteiger partial charge in [0.05, 0.1) is 0 Å². The van der Waals surface area contributed by atoms with Gasteiger partial charge in [0.25, 0.3) is 0 Å². The summed E-state index contributed by atoms with van der Waals surface area (Å²) in [6, 6.07) is 0. The second-order valence-electron chi connectivity index (χ2n) is 21.3. The van der Waals surface area contributed by atoms with Crippen LogP contribution in [0.3, 0.4) is 0 Å².